The summed E-state index contributed by atoms with van der Waals surface area (Å²) in [6.07, 6.45) is 6.26. The molecule has 1 saturated heterocycles. The van der Waals surface area contributed by atoms with Gasteiger partial charge >= 0.3 is 0 Å². The lowest BCUT2D eigenvalue weighted by Gasteiger charge is -2.29. The zero-order chi connectivity index (χ0) is 19.5. The number of hydrogen-bond donors (Lipinski definition) is 0. The molecule has 146 valence electrons. The summed E-state index contributed by atoms with van der Waals surface area (Å²) in [6.45, 7) is 2.29. The highest BCUT2D eigenvalue weighted by Crippen LogP contribution is 2.33. The third-order valence-electron chi connectivity index (χ3n) is 5.72. The largest absolute Gasteiger partial charge is 0.366 e. The third-order valence-corrected chi connectivity index (χ3v) is 5.72. The number of amides is 1. The van der Waals surface area contributed by atoms with E-state index in [9.17, 15) is 14.9 Å². The van der Waals surface area contributed by atoms with Crippen LogP contribution >= 0.6 is 0 Å². The number of benzene rings is 2. The Labute approximate surface area is 164 Å². The number of carbonyl (C=O) groups excluding carboxylic acids is 1. The van der Waals surface area contributed by atoms with E-state index < -0.39 is 0 Å². The van der Waals surface area contributed by atoms with Crippen molar-refractivity contribution >= 4 is 23.0 Å². The van der Waals surface area contributed by atoms with Gasteiger partial charge in [0.2, 0.25) is 0 Å². The molecule has 2 aromatic rings. The summed E-state index contributed by atoms with van der Waals surface area (Å²) in [5.41, 5.74) is 3.10. The zero-order valence-corrected chi connectivity index (χ0v) is 16.0. The molecular formula is C22H25N3O3. The molecule has 6 heteroatoms. The van der Waals surface area contributed by atoms with Crippen molar-refractivity contribution in [3.8, 4) is 0 Å². The highest BCUT2D eigenvalue weighted by Gasteiger charge is 2.27. The molecule has 4 rings (SSSR count). The lowest BCUT2D eigenvalue weighted by Crippen LogP contribution is -2.35. The quantitative estimate of drug-likeness (QED) is 0.579. The van der Waals surface area contributed by atoms with Gasteiger partial charge in [0.15, 0.2) is 0 Å². The van der Waals surface area contributed by atoms with E-state index in [1.165, 1.54) is 6.07 Å². The van der Waals surface area contributed by atoms with Crippen molar-refractivity contribution in [1.29, 1.82) is 0 Å². The molecule has 0 atom stereocenters. The number of nitrogens with zero attached hydrogens (tertiary/aromatic N) is 3. The van der Waals surface area contributed by atoms with Gasteiger partial charge in [0.1, 0.15) is 5.69 Å². The van der Waals surface area contributed by atoms with E-state index in [1.807, 2.05) is 24.3 Å². The molecule has 0 bridgehead atoms. The second-order valence-electron chi connectivity index (χ2n) is 7.55. The second-order valence-corrected chi connectivity index (χ2v) is 7.55. The minimum atomic E-state index is -0.360. The number of carbonyl (C=O) groups is 1. The second kappa shape index (κ2) is 8.00. The molecule has 2 aliphatic rings. The van der Waals surface area contributed by atoms with Crippen molar-refractivity contribution in [2.24, 2.45) is 0 Å². The van der Waals surface area contributed by atoms with E-state index >= 15 is 0 Å². The SMILES string of the molecule is O=C(c1ccc(N2CCCCCC2)c([N+](=O)[O-])c1)N1CCCc2ccccc21. The van der Waals surface area contributed by atoms with Gasteiger partial charge in [0.25, 0.3) is 11.6 Å². The number of nitro groups is 1. The van der Waals surface area contributed by atoms with Gasteiger partial charge in [-0.2, -0.15) is 0 Å². The highest BCUT2D eigenvalue weighted by atomic mass is 16.6. The summed E-state index contributed by atoms with van der Waals surface area (Å²) < 4.78 is 0. The molecule has 0 spiro atoms. The van der Waals surface area contributed by atoms with E-state index in [0.29, 0.717) is 17.8 Å². The standard InChI is InChI=1S/C22H25N3O3/c26-22(24-15-7-9-17-8-3-4-10-19(17)24)18-11-12-20(21(16-18)25(27)28)23-13-5-1-2-6-14-23/h3-4,8,10-12,16H,1-2,5-7,9,13-15H2. The minimum absolute atomic E-state index is 0.0260. The molecule has 1 amide bonds. The van der Waals surface area contributed by atoms with Gasteiger partial charge in [-0.25, -0.2) is 0 Å². The van der Waals surface area contributed by atoms with Crippen molar-refractivity contribution in [2.45, 2.75) is 38.5 Å². The average molecular weight is 379 g/mol. The molecule has 0 saturated carbocycles. The summed E-state index contributed by atoms with van der Waals surface area (Å²) in [7, 11) is 0. The van der Waals surface area contributed by atoms with Crippen LogP contribution in [-0.2, 0) is 6.42 Å². The van der Waals surface area contributed by atoms with Crippen molar-refractivity contribution in [3.05, 3.63) is 63.7 Å². The predicted octanol–water partition coefficient (Wildman–Crippen LogP) is 4.57. The highest BCUT2D eigenvalue weighted by molar-refractivity contribution is 6.07. The lowest BCUT2D eigenvalue weighted by atomic mass is 10.0. The fraction of sp³-hybridized carbons (Fsp3) is 0.409. The molecule has 28 heavy (non-hydrogen) atoms. The maximum atomic E-state index is 13.2. The fourth-order valence-electron chi connectivity index (χ4n) is 4.28. The Morgan fingerprint density at radius 1 is 0.893 bits per heavy atom. The minimum Gasteiger partial charge on any atom is -0.366 e. The van der Waals surface area contributed by atoms with Gasteiger partial charge in [-0.05, 0) is 49.4 Å². The van der Waals surface area contributed by atoms with Crippen LogP contribution in [-0.4, -0.2) is 30.5 Å². The fourth-order valence-corrected chi connectivity index (χ4v) is 4.28. The van der Waals surface area contributed by atoms with Gasteiger partial charge in [-0.3, -0.25) is 14.9 Å². The Balaban J connectivity index is 1.66. The first-order chi connectivity index (χ1) is 13.6. The average Bonchev–Trinajstić information content (AvgIpc) is 3.02. The van der Waals surface area contributed by atoms with Crippen LogP contribution in [0.25, 0.3) is 0 Å². The monoisotopic (exact) mass is 379 g/mol. The van der Waals surface area contributed by atoms with Crippen molar-refractivity contribution in [3.63, 3.8) is 0 Å². The molecule has 0 N–H and O–H groups in total. The molecule has 0 aromatic heterocycles. The van der Waals surface area contributed by atoms with E-state index in [1.54, 1.807) is 17.0 Å². The van der Waals surface area contributed by atoms with Crippen molar-refractivity contribution in [2.75, 3.05) is 29.4 Å². The summed E-state index contributed by atoms with van der Waals surface area (Å²) in [4.78, 5) is 28.4. The zero-order valence-electron chi connectivity index (χ0n) is 16.0. The van der Waals surface area contributed by atoms with Crippen LogP contribution in [0.5, 0.6) is 0 Å². The summed E-state index contributed by atoms with van der Waals surface area (Å²) >= 11 is 0. The molecule has 0 aliphatic carbocycles. The van der Waals surface area contributed by atoms with E-state index in [2.05, 4.69) is 4.90 Å². The molecule has 2 aliphatic heterocycles. The number of para-hydroxylation sites is 1. The lowest BCUT2D eigenvalue weighted by molar-refractivity contribution is -0.384. The summed E-state index contributed by atoms with van der Waals surface area (Å²) in [6, 6.07) is 12.9. The summed E-state index contributed by atoms with van der Waals surface area (Å²) in [5, 5.41) is 11.8. The van der Waals surface area contributed by atoms with Gasteiger partial charge in [-0.15, -0.1) is 0 Å². The first-order valence-electron chi connectivity index (χ1n) is 10.1. The van der Waals surface area contributed by atoms with Gasteiger partial charge in [0.05, 0.1) is 4.92 Å². The maximum Gasteiger partial charge on any atom is 0.293 e. The number of rotatable bonds is 3. The van der Waals surface area contributed by atoms with Crippen LogP contribution in [0.15, 0.2) is 42.5 Å². The predicted molar refractivity (Wildman–Crippen MR) is 110 cm³/mol. The molecule has 0 radical (unpaired) electrons. The Morgan fingerprint density at radius 2 is 1.64 bits per heavy atom. The Morgan fingerprint density at radius 3 is 2.39 bits per heavy atom. The van der Waals surface area contributed by atoms with E-state index in [-0.39, 0.29) is 16.5 Å². The molecule has 6 nitrogen and oxygen atoms in total. The number of nitro benzene ring substituents is 1. The van der Waals surface area contributed by atoms with Crippen LogP contribution in [0, 0.1) is 10.1 Å². The number of anilines is 2. The smallest absolute Gasteiger partial charge is 0.293 e. The molecule has 2 heterocycles. The third kappa shape index (κ3) is 3.59. The Hall–Kier alpha value is -2.89. The number of aryl methyl sites for hydroxylation is 1. The van der Waals surface area contributed by atoms with Crippen molar-refractivity contribution in [1.82, 2.24) is 0 Å². The number of fused-ring (bicyclic) bond motifs is 1. The van der Waals surface area contributed by atoms with Crippen LogP contribution in [0.3, 0.4) is 0 Å². The first kappa shape index (κ1) is 18.5. The Bertz CT molecular complexity index is 888. The topological polar surface area (TPSA) is 66.7 Å². The number of hydrogen-bond acceptors (Lipinski definition) is 4. The van der Waals surface area contributed by atoms with Crippen LogP contribution in [0.1, 0.15) is 48.0 Å². The molecule has 1 fully saturated rings. The van der Waals surface area contributed by atoms with Gasteiger partial charge in [0, 0.05) is 37.0 Å². The maximum absolute atomic E-state index is 13.2. The first-order valence-corrected chi connectivity index (χ1v) is 10.1. The van der Waals surface area contributed by atoms with Crippen LogP contribution < -0.4 is 9.80 Å². The van der Waals surface area contributed by atoms with Crippen molar-refractivity contribution < 1.29 is 9.72 Å². The van der Waals surface area contributed by atoms with Gasteiger partial charge < -0.3 is 9.80 Å². The van der Waals surface area contributed by atoms with Crippen LogP contribution in [0.2, 0.25) is 0 Å². The Kier molecular flexibility index (Phi) is 5.28. The van der Waals surface area contributed by atoms with Gasteiger partial charge in [-0.1, -0.05) is 31.0 Å². The summed E-state index contributed by atoms with van der Waals surface area (Å²) in [5.74, 6) is -0.169. The molecule has 0 unspecified atom stereocenters. The normalized spacial score (nSPS) is 17.0. The molecule has 2 aromatic carbocycles. The molecular weight excluding hydrogens is 354 g/mol. The van der Waals surface area contributed by atoms with E-state index in [4.69, 9.17) is 0 Å². The van der Waals surface area contributed by atoms with Crippen LogP contribution in [0.4, 0.5) is 17.1 Å². The van der Waals surface area contributed by atoms with E-state index in [0.717, 1.165) is 62.9 Å².